The second kappa shape index (κ2) is 3.66. The van der Waals surface area contributed by atoms with Crippen molar-refractivity contribution in [1.82, 2.24) is 10.2 Å². The van der Waals surface area contributed by atoms with Crippen molar-refractivity contribution in [3.8, 4) is 0 Å². The molecule has 1 amide bonds. The van der Waals surface area contributed by atoms with Crippen molar-refractivity contribution >= 4 is 5.91 Å². The van der Waals surface area contributed by atoms with Crippen LogP contribution in [0.2, 0.25) is 0 Å². The van der Waals surface area contributed by atoms with E-state index in [1.54, 1.807) is 0 Å². The average Bonchev–Trinajstić information content (AvgIpc) is 1.99. The standard InChI is InChI=1S/C10H20N2O/c1-5-6-12-7-10(3,4)11-8(2)9(12)13/h8,11H,5-7H2,1-4H3. The molecule has 0 radical (unpaired) electrons. The molecule has 1 aliphatic rings. The van der Waals surface area contributed by atoms with E-state index in [9.17, 15) is 4.79 Å². The van der Waals surface area contributed by atoms with Gasteiger partial charge in [0.25, 0.3) is 0 Å². The fourth-order valence-corrected chi connectivity index (χ4v) is 1.98. The Morgan fingerprint density at radius 1 is 1.62 bits per heavy atom. The Morgan fingerprint density at radius 3 is 2.77 bits per heavy atom. The lowest BCUT2D eigenvalue weighted by Crippen LogP contribution is -2.63. The van der Waals surface area contributed by atoms with Gasteiger partial charge in [0.2, 0.25) is 5.91 Å². The number of rotatable bonds is 2. The lowest BCUT2D eigenvalue weighted by atomic mass is 9.98. The Kier molecular flexibility index (Phi) is 2.96. The van der Waals surface area contributed by atoms with Crippen LogP contribution in [0.4, 0.5) is 0 Å². The van der Waals surface area contributed by atoms with Gasteiger partial charge in [0.15, 0.2) is 0 Å². The molecule has 1 heterocycles. The van der Waals surface area contributed by atoms with Gasteiger partial charge in [-0.05, 0) is 27.2 Å². The molecule has 1 fully saturated rings. The molecule has 0 aromatic rings. The van der Waals surface area contributed by atoms with E-state index in [1.807, 2.05) is 11.8 Å². The molecule has 1 atom stereocenters. The molecule has 0 aromatic heterocycles. The molecule has 3 heteroatoms. The number of hydrogen-bond acceptors (Lipinski definition) is 2. The monoisotopic (exact) mass is 184 g/mol. The lowest BCUT2D eigenvalue weighted by Gasteiger charge is -2.42. The fraction of sp³-hybridized carbons (Fsp3) is 0.900. The molecular formula is C10H20N2O. The Bertz CT molecular complexity index is 201. The molecule has 13 heavy (non-hydrogen) atoms. The summed E-state index contributed by atoms with van der Waals surface area (Å²) in [4.78, 5) is 13.6. The first-order chi connectivity index (χ1) is 5.96. The highest BCUT2D eigenvalue weighted by molar-refractivity contribution is 5.82. The maximum atomic E-state index is 11.7. The maximum absolute atomic E-state index is 11.7. The first kappa shape index (κ1) is 10.5. The van der Waals surface area contributed by atoms with Crippen LogP contribution in [0.1, 0.15) is 34.1 Å². The highest BCUT2D eigenvalue weighted by Gasteiger charge is 2.34. The molecule has 0 aromatic carbocycles. The minimum atomic E-state index is -0.0321. The van der Waals surface area contributed by atoms with Crippen molar-refractivity contribution in [2.24, 2.45) is 0 Å². The molecule has 1 aliphatic heterocycles. The summed E-state index contributed by atoms with van der Waals surface area (Å²) in [5.41, 5.74) is 0.0580. The van der Waals surface area contributed by atoms with E-state index in [1.165, 1.54) is 0 Å². The topological polar surface area (TPSA) is 32.3 Å². The largest absolute Gasteiger partial charge is 0.340 e. The van der Waals surface area contributed by atoms with E-state index >= 15 is 0 Å². The van der Waals surface area contributed by atoms with Gasteiger partial charge in [-0.2, -0.15) is 0 Å². The highest BCUT2D eigenvalue weighted by atomic mass is 16.2. The lowest BCUT2D eigenvalue weighted by molar-refractivity contribution is -0.138. The summed E-state index contributed by atoms with van der Waals surface area (Å²) in [5, 5.41) is 3.30. The zero-order valence-electron chi connectivity index (χ0n) is 9.05. The normalized spacial score (nSPS) is 27.8. The van der Waals surface area contributed by atoms with Crippen molar-refractivity contribution in [3.63, 3.8) is 0 Å². The number of carbonyl (C=O) groups excluding carboxylic acids is 1. The Morgan fingerprint density at radius 2 is 2.23 bits per heavy atom. The summed E-state index contributed by atoms with van der Waals surface area (Å²) in [5.74, 6) is 0.237. The second-order valence-electron chi connectivity index (χ2n) is 4.51. The van der Waals surface area contributed by atoms with Crippen LogP contribution < -0.4 is 5.32 Å². The summed E-state index contributed by atoms with van der Waals surface area (Å²) >= 11 is 0. The van der Waals surface area contributed by atoms with Crippen molar-refractivity contribution in [1.29, 1.82) is 0 Å². The minimum absolute atomic E-state index is 0.0321. The highest BCUT2D eigenvalue weighted by Crippen LogP contribution is 2.14. The SMILES string of the molecule is CCCN1CC(C)(C)NC(C)C1=O. The van der Waals surface area contributed by atoms with Gasteiger partial charge in [-0.3, -0.25) is 10.1 Å². The zero-order chi connectivity index (χ0) is 10.1. The molecule has 1 rings (SSSR count). The minimum Gasteiger partial charge on any atom is -0.340 e. The average molecular weight is 184 g/mol. The van der Waals surface area contributed by atoms with Crippen molar-refractivity contribution < 1.29 is 4.79 Å². The third-order valence-corrected chi connectivity index (χ3v) is 2.37. The number of carbonyl (C=O) groups is 1. The smallest absolute Gasteiger partial charge is 0.239 e. The van der Waals surface area contributed by atoms with Crippen LogP contribution in [0.3, 0.4) is 0 Å². The van der Waals surface area contributed by atoms with Crippen molar-refractivity contribution in [2.45, 2.75) is 45.7 Å². The van der Waals surface area contributed by atoms with Gasteiger partial charge in [-0.25, -0.2) is 0 Å². The van der Waals surface area contributed by atoms with Crippen LogP contribution >= 0.6 is 0 Å². The molecule has 3 nitrogen and oxygen atoms in total. The Hall–Kier alpha value is -0.570. The number of nitrogens with zero attached hydrogens (tertiary/aromatic N) is 1. The molecule has 1 saturated heterocycles. The van der Waals surface area contributed by atoms with Crippen LogP contribution in [0.15, 0.2) is 0 Å². The molecule has 1 unspecified atom stereocenters. The van der Waals surface area contributed by atoms with Gasteiger partial charge in [0, 0.05) is 18.6 Å². The van der Waals surface area contributed by atoms with Gasteiger partial charge < -0.3 is 4.90 Å². The van der Waals surface area contributed by atoms with Crippen LogP contribution in [-0.4, -0.2) is 35.5 Å². The van der Waals surface area contributed by atoms with Gasteiger partial charge >= 0.3 is 0 Å². The summed E-state index contributed by atoms with van der Waals surface area (Å²) in [6.45, 7) is 10.0. The zero-order valence-corrected chi connectivity index (χ0v) is 9.05. The van der Waals surface area contributed by atoms with E-state index in [2.05, 4.69) is 26.1 Å². The van der Waals surface area contributed by atoms with Gasteiger partial charge in [0.05, 0.1) is 6.04 Å². The Labute approximate surface area is 80.5 Å². The predicted octanol–water partition coefficient (Wildman–Crippen LogP) is 0.995. The van der Waals surface area contributed by atoms with Crippen LogP contribution in [0, 0.1) is 0 Å². The molecule has 0 saturated carbocycles. The number of amides is 1. The molecular weight excluding hydrogens is 164 g/mol. The number of nitrogens with one attached hydrogen (secondary N) is 1. The summed E-state index contributed by atoms with van der Waals surface area (Å²) in [7, 11) is 0. The first-order valence-corrected chi connectivity index (χ1v) is 5.03. The van der Waals surface area contributed by atoms with Crippen LogP contribution in [0.5, 0.6) is 0 Å². The maximum Gasteiger partial charge on any atom is 0.239 e. The van der Waals surface area contributed by atoms with E-state index in [-0.39, 0.29) is 17.5 Å². The van der Waals surface area contributed by atoms with Gasteiger partial charge in [0.1, 0.15) is 0 Å². The van der Waals surface area contributed by atoms with Crippen LogP contribution in [0.25, 0.3) is 0 Å². The van der Waals surface area contributed by atoms with E-state index in [0.29, 0.717) is 0 Å². The molecule has 0 bridgehead atoms. The number of hydrogen-bond donors (Lipinski definition) is 1. The summed E-state index contributed by atoms with van der Waals surface area (Å²) in [6, 6.07) is -0.0321. The molecule has 1 N–H and O–H groups in total. The second-order valence-corrected chi connectivity index (χ2v) is 4.51. The third-order valence-electron chi connectivity index (χ3n) is 2.37. The van der Waals surface area contributed by atoms with Gasteiger partial charge in [-0.1, -0.05) is 6.92 Å². The van der Waals surface area contributed by atoms with E-state index in [4.69, 9.17) is 0 Å². The summed E-state index contributed by atoms with van der Waals surface area (Å²) in [6.07, 6.45) is 1.04. The molecule has 76 valence electrons. The van der Waals surface area contributed by atoms with E-state index < -0.39 is 0 Å². The predicted molar refractivity (Wildman–Crippen MR) is 53.5 cm³/mol. The number of piperazine rings is 1. The van der Waals surface area contributed by atoms with Crippen molar-refractivity contribution in [3.05, 3.63) is 0 Å². The molecule has 0 spiro atoms. The van der Waals surface area contributed by atoms with Gasteiger partial charge in [-0.15, -0.1) is 0 Å². The first-order valence-electron chi connectivity index (χ1n) is 5.03. The summed E-state index contributed by atoms with van der Waals surface area (Å²) < 4.78 is 0. The van der Waals surface area contributed by atoms with Crippen LogP contribution in [-0.2, 0) is 4.79 Å². The van der Waals surface area contributed by atoms with Crippen molar-refractivity contribution in [2.75, 3.05) is 13.1 Å². The Balaban J connectivity index is 2.67. The molecule has 0 aliphatic carbocycles. The quantitative estimate of drug-likeness (QED) is 0.694. The van der Waals surface area contributed by atoms with E-state index in [0.717, 1.165) is 19.5 Å². The fourth-order valence-electron chi connectivity index (χ4n) is 1.98. The third kappa shape index (κ3) is 2.44.